The number of nitrogens with one attached hydrogen (secondary N) is 1. The van der Waals surface area contributed by atoms with Gasteiger partial charge in [-0.2, -0.15) is 0 Å². The molecule has 1 aromatic rings. The fourth-order valence-corrected chi connectivity index (χ4v) is 2.19. The Bertz CT molecular complexity index is 437. The van der Waals surface area contributed by atoms with Crippen molar-refractivity contribution in [1.29, 1.82) is 0 Å². The molecule has 1 rings (SSSR count). The molecule has 0 saturated heterocycles. The molecule has 0 saturated carbocycles. The summed E-state index contributed by atoms with van der Waals surface area (Å²) in [5.41, 5.74) is -0.532. The van der Waals surface area contributed by atoms with Gasteiger partial charge in [0.1, 0.15) is 5.60 Å². The molecule has 100 valence electrons. The molecule has 18 heavy (non-hydrogen) atoms. The standard InChI is InChI=1S/C12H16ClNO3S/c1-12(2,3)17-11(16)14-7-6-8(15)9-4-5-10(13)18-9/h4-5H,6-7H2,1-3H3,(H,14,16). The van der Waals surface area contributed by atoms with Crippen LogP contribution < -0.4 is 5.32 Å². The van der Waals surface area contributed by atoms with E-state index in [1.54, 1.807) is 32.9 Å². The van der Waals surface area contributed by atoms with Crippen molar-refractivity contribution in [2.45, 2.75) is 32.8 Å². The van der Waals surface area contributed by atoms with Crippen molar-refractivity contribution in [3.63, 3.8) is 0 Å². The normalized spacial score (nSPS) is 11.1. The Morgan fingerprint density at radius 3 is 2.56 bits per heavy atom. The first kappa shape index (κ1) is 15.0. The molecule has 0 aromatic carbocycles. The zero-order valence-electron chi connectivity index (χ0n) is 10.6. The largest absolute Gasteiger partial charge is 0.444 e. The quantitative estimate of drug-likeness (QED) is 0.863. The van der Waals surface area contributed by atoms with E-state index in [2.05, 4.69) is 5.32 Å². The second kappa shape index (κ2) is 6.20. The maximum atomic E-state index is 11.7. The molecule has 0 fully saturated rings. The molecule has 0 unspecified atom stereocenters. The Kier molecular flexibility index (Phi) is 5.16. The number of amides is 1. The summed E-state index contributed by atoms with van der Waals surface area (Å²) in [5.74, 6) is -0.0389. The van der Waals surface area contributed by atoms with Gasteiger partial charge >= 0.3 is 6.09 Å². The number of halogens is 1. The summed E-state index contributed by atoms with van der Waals surface area (Å²) in [7, 11) is 0. The van der Waals surface area contributed by atoms with E-state index in [1.807, 2.05) is 0 Å². The molecular formula is C12H16ClNO3S. The van der Waals surface area contributed by atoms with Crippen LogP contribution in [0.15, 0.2) is 12.1 Å². The van der Waals surface area contributed by atoms with E-state index in [4.69, 9.17) is 16.3 Å². The third kappa shape index (κ3) is 5.51. The molecular weight excluding hydrogens is 274 g/mol. The summed E-state index contributed by atoms with van der Waals surface area (Å²) in [6.07, 6.45) is -0.282. The number of hydrogen-bond acceptors (Lipinski definition) is 4. The third-order valence-corrected chi connectivity index (χ3v) is 3.14. The summed E-state index contributed by atoms with van der Waals surface area (Å²) >= 11 is 6.97. The van der Waals surface area contributed by atoms with Crippen LogP contribution in [-0.2, 0) is 4.74 Å². The molecule has 0 aliphatic carbocycles. The first-order valence-corrected chi connectivity index (χ1v) is 6.73. The molecule has 0 aliphatic heterocycles. The number of ketones is 1. The predicted molar refractivity (Wildman–Crippen MR) is 72.5 cm³/mol. The lowest BCUT2D eigenvalue weighted by Crippen LogP contribution is -2.33. The lowest BCUT2D eigenvalue weighted by Gasteiger charge is -2.19. The second-order valence-corrected chi connectivity index (χ2v) is 6.42. The first-order valence-electron chi connectivity index (χ1n) is 5.53. The zero-order valence-corrected chi connectivity index (χ0v) is 12.2. The van der Waals surface area contributed by atoms with Crippen LogP contribution in [0.25, 0.3) is 0 Å². The van der Waals surface area contributed by atoms with Gasteiger partial charge in [0, 0.05) is 13.0 Å². The smallest absolute Gasteiger partial charge is 0.407 e. The molecule has 1 amide bonds. The lowest BCUT2D eigenvalue weighted by atomic mass is 10.2. The van der Waals surface area contributed by atoms with E-state index < -0.39 is 11.7 Å². The van der Waals surface area contributed by atoms with Crippen LogP contribution in [0.3, 0.4) is 0 Å². The minimum absolute atomic E-state index is 0.0389. The molecule has 1 heterocycles. The number of ether oxygens (including phenoxy) is 1. The number of hydrogen-bond donors (Lipinski definition) is 1. The van der Waals surface area contributed by atoms with Gasteiger partial charge in [-0.05, 0) is 32.9 Å². The van der Waals surface area contributed by atoms with Crippen LogP contribution in [0.4, 0.5) is 4.79 Å². The minimum Gasteiger partial charge on any atom is -0.444 e. The van der Waals surface area contributed by atoms with Gasteiger partial charge in [0.2, 0.25) is 0 Å². The summed E-state index contributed by atoms with van der Waals surface area (Å²) < 4.78 is 5.63. The summed E-state index contributed by atoms with van der Waals surface area (Å²) in [6, 6.07) is 3.36. The maximum absolute atomic E-state index is 11.7. The summed E-state index contributed by atoms with van der Waals surface area (Å²) in [5, 5.41) is 2.54. The molecule has 1 N–H and O–H groups in total. The van der Waals surface area contributed by atoms with Gasteiger partial charge in [0.05, 0.1) is 9.21 Å². The van der Waals surface area contributed by atoms with Crippen LogP contribution in [0.2, 0.25) is 4.34 Å². The van der Waals surface area contributed by atoms with Gasteiger partial charge in [-0.15, -0.1) is 11.3 Å². The molecule has 0 spiro atoms. The van der Waals surface area contributed by atoms with Gasteiger partial charge in [-0.25, -0.2) is 4.79 Å². The van der Waals surface area contributed by atoms with Crippen molar-refractivity contribution in [1.82, 2.24) is 5.32 Å². The number of thiophene rings is 1. The van der Waals surface area contributed by atoms with Gasteiger partial charge in [-0.1, -0.05) is 11.6 Å². The van der Waals surface area contributed by atoms with Crippen LogP contribution in [-0.4, -0.2) is 24.0 Å². The fourth-order valence-electron chi connectivity index (χ4n) is 1.18. The maximum Gasteiger partial charge on any atom is 0.407 e. The molecule has 0 bridgehead atoms. The highest BCUT2D eigenvalue weighted by molar-refractivity contribution is 7.18. The molecule has 1 aromatic heterocycles. The van der Waals surface area contributed by atoms with Crippen LogP contribution in [0.5, 0.6) is 0 Å². The van der Waals surface area contributed by atoms with Crippen molar-refractivity contribution in [3.8, 4) is 0 Å². The fraction of sp³-hybridized carbons (Fsp3) is 0.500. The monoisotopic (exact) mass is 289 g/mol. The van der Waals surface area contributed by atoms with Crippen LogP contribution in [0, 0.1) is 0 Å². The Labute approximate surface area is 115 Å². The average Bonchev–Trinajstić information content (AvgIpc) is 2.62. The van der Waals surface area contributed by atoms with Crippen LogP contribution in [0.1, 0.15) is 36.9 Å². The number of alkyl carbamates (subject to hydrolysis) is 1. The van der Waals surface area contributed by atoms with Crippen molar-refractivity contribution in [2.75, 3.05) is 6.54 Å². The van der Waals surface area contributed by atoms with E-state index in [9.17, 15) is 9.59 Å². The number of carbonyl (C=O) groups is 2. The van der Waals surface area contributed by atoms with E-state index in [0.29, 0.717) is 9.21 Å². The van der Waals surface area contributed by atoms with Gasteiger partial charge < -0.3 is 10.1 Å². The Balaban J connectivity index is 2.30. The lowest BCUT2D eigenvalue weighted by molar-refractivity contribution is 0.0527. The second-order valence-electron chi connectivity index (χ2n) is 4.71. The Hall–Kier alpha value is -1.07. The summed E-state index contributed by atoms with van der Waals surface area (Å²) in [6.45, 7) is 5.60. The van der Waals surface area contributed by atoms with Crippen LogP contribution >= 0.6 is 22.9 Å². The van der Waals surface area contributed by atoms with Crippen molar-refractivity contribution >= 4 is 34.8 Å². The van der Waals surface area contributed by atoms with Crippen molar-refractivity contribution < 1.29 is 14.3 Å². The molecule has 6 heteroatoms. The number of Topliss-reactive ketones (excluding diaryl/α,β-unsaturated/α-hetero) is 1. The number of rotatable bonds is 4. The Morgan fingerprint density at radius 1 is 1.39 bits per heavy atom. The molecule has 0 radical (unpaired) electrons. The minimum atomic E-state index is -0.532. The highest BCUT2D eigenvalue weighted by Gasteiger charge is 2.16. The SMILES string of the molecule is CC(C)(C)OC(=O)NCCC(=O)c1ccc(Cl)s1. The topological polar surface area (TPSA) is 55.4 Å². The third-order valence-electron chi connectivity index (χ3n) is 1.87. The predicted octanol–water partition coefficient (Wildman–Crippen LogP) is 3.50. The highest BCUT2D eigenvalue weighted by Crippen LogP contribution is 2.22. The zero-order chi connectivity index (χ0) is 13.8. The van der Waals surface area contributed by atoms with E-state index >= 15 is 0 Å². The van der Waals surface area contributed by atoms with Gasteiger partial charge in [-0.3, -0.25) is 4.79 Å². The molecule has 0 atom stereocenters. The Morgan fingerprint density at radius 2 is 2.06 bits per heavy atom. The van der Waals surface area contributed by atoms with Gasteiger partial charge in [0.15, 0.2) is 5.78 Å². The molecule has 0 aliphatic rings. The average molecular weight is 290 g/mol. The van der Waals surface area contributed by atoms with Gasteiger partial charge in [0.25, 0.3) is 0 Å². The number of carbonyl (C=O) groups excluding carboxylic acids is 2. The van der Waals surface area contributed by atoms with E-state index in [1.165, 1.54) is 11.3 Å². The highest BCUT2D eigenvalue weighted by atomic mass is 35.5. The summed E-state index contributed by atoms with van der Waals surface area (Å²) in [4.78, 5) is 23.6. The van der Waals surface area contributed by atoms with E-state index in [-0.39, 0.29) is 18.7 Å². The molecule has 4 nitrogen and oxygen atoms in total. The van der Waals surface area contributed by atoms with Crippen molar-refractivity contribution in [3.05, 3.63) is 21.3 Å². The van der Waals surface area contributed by atoms with E-state index in [0.717, 1.165) is 0 Å². The first-order chi connectivity index (χ1) is 8.28. The van der Waals surface area contributed by atoms with Crippen molar-refractivity contribution in [2.24, 2.45) is 0 Å².